The molecule has 1 N–H and O–H groups in total. The van der Waals surface area contributed by atoms with Crippen LogP contribution in [0.1, 0.15) is 17.0 Å². The number of likely N-dealkylation sites (tertiary alicyclic amines) is 1. The van der Waals surface area contributed by atoms with Crippen molar-refractivity contribution in [3.8, 4) is 11.1 Å². The SMILES string of the molecule is O=C(O)C(F)(F)F.O=S1(=O)c2ccc(-c3ccc(F)nc3)cc2C2CN(Cc3ccc(F)cc3)CC21. The fourth-order valence-corrected chi connectivity index (χ4v) is 6.62. The van der Waals surface area contributed by atoms with Crippen LogP contribution >= 0.6 is 0 Å². The van der Waals surface area contributed by atoms with E-state index in [2.05, 4.69) is 9.88 Å². The van der Waals surface area contributed by atoms with Crippen LogP contribution in [0.3, 0.4) is 0 Å². The molecule has 2 aromatic carbocycles. The third-order valence-corrected chi connectivity index (χ3v) is 8.34. The molecule has 0 aliphatic carbocycles. The van der Waals surface area contributed by atoms with Crippen molar-refractivity contribution in [3.05, 3.63) is 83.7 Å². The molecule has 3 aromatic rings. The zero-order chi connectivity index (χ0) is 26.3. The molecule has 3 heterocycles. The number of sulfone groups is 1. The first kappa shape index (κ1) is 25.7. The standard InChI is InChI=1S/C22H18F2N2O2S.C2HF3O2/c23-17-5-1-14(2-6-17)11-26-12-19-18-9-15(16-4-8-22(24)25-10-16)3-7-20(18)29(27,28)21(19)13-26;3-2(4,5)1(6)7/h1-10,19,21H,11-13H2;(H,6,7). The number of fused-ring (bicyclic) bond motifs is 3. The Hall–Kier alpha value is -3.38. The maximum atomic E-state index is 13.1. The summed E-state index contributed by atoms with van der Waals surface area (Å²) in [6.07, 6.45) is -3.63. The second-order valence-corrected chi connectivity index (χ2v) is 10.6. The van der Waals surface area contributed by atoms with Crippen LogP contribution in [0, 0.1) is 11.8 Å². The molecule has 0 bridgehead atoms. The van der Waals surface area contributed by atoms with Crippen molar-refractivity contribution in [1.82, 2.24) is 9.88 Å². The van der Waals surface area contributed by atoms with Crippen molar-refractivity contribution < 1.29 is 40.3 Å². The quantitative estimate of drug-likeness (QED) is 0.402. The van der Waals surface area contributed by atoms with Crippen LogP contribution in [0.2, 0.25) is 0 Å². The van der Waals surface area contributed by atoms with E-state index in [1.165, 1.54) is 24.4 Å². The number of benzene rings is 2. The Morgan fingerprint density at radius 2 is 1.64 bits per heavy atom. The molecule has 1 saturated heterocycles. The first-order valence-electron chi connectivity index (χ1n) is 10.6. The summed E-state index contributed by atoms with van der Waals surface area (Å²) in [7, 11) is -3.40. The van der Waals surface area contributed by atoms with Gasteiger partial charge in [-0.15, -0.1) is 0 Å². The van der Waals surface area contributed by atoms with E-state index in [1.54, 1.807) is 30.3 Å². The Morgan fingerprint density at radius 3 is 2.22 bits per heavy atom. The molecule has 0 radical (unpaired) electrons. The maximum Gasteiger partial charge on any atom is 0.490 e. The lowest BCUT2D eigenvalue weighted by atomic mass is 9.95. The van der Waals surface area contributed by atoms with Gasteiger partial charge in [-0.2, -0.15) is 17.6 Å². The van der Waals surface area contributed by atoms with Crippen molar-refractivity contribution in [1.29, 1.82) is 0 Å². The Morgan fingerprint density at radius 1 is 1.00 bits per heavy atom. The van der Waals surface area contributed by atoms with Gasteiger partial charge in [-0.25, -0.2) is 22.6 Å². The molecular formula is C24H19F5N2O4S. The first-order valence-corrected chi connectivity index (χ1v) is 12.2. The van der Waals surface area contributed by atoms with Crippen LogP contribution < -0.4 is 0 Å². The van der Waals surface area contributed by atoms with E-state index in [4.69, 9.17) is 9.90 Å². The molecule has 0 spiro atoms. The van der Waals surface area contributed by atoms with Crippen LogP contribution in [-0.2, 0) is 21.2 Å². The fraction of sp³-hybridized carbons (Fsp3) is 0.250. The predicted molar refractivity (Wildman–Crippen MR) is 119 cm³/mol. The van der Waals surface area contributed by atoms with Crippen LogP contribution in [0.4, 0.5) is 22.0 Å². The summed E-state index contributed by atoms with van der Waals surface area (Å²) in [6.45, 7) is 1.66. The van der Waals surface area contributed by atoms with Crippen LogP contribution in [0.5, 0.6) is 0 Å². The highest BCUT2D eigenvalue weighted by molar-refractivity contribution is 7.92. The number of aromatic nitrogens is 1. The number of nitrogens with zero attached hydrogens (tertiary/aromatic N) is 2. The molecule has 5 rings (SSSR count). The lowest BCUT2D eigenvalue weighted by Crippen LogP contribution is -2.25. The van der Waals surface area contributed by atoms with Gasteiger partial charge in [-0.3, -0.25) is 4.90 Å². The Bertz CT molecular complexity index is 1380. The van der Waals surface area contributed by atoms with E-state index < -0.39 is 33.2 Å². The monoisotopic (exact) mass is 526 g/mol. The van der Waals surface area contributed by atoms with Crippen molar-refractivity contribution in [2.24, 2.45) is 0 Å². The zero-order valence-electron chi connectivity index (χ0n) is 18.4. The molecule has 2 atom stereocenters. The highest BCUT2D eigenvalue weighted by atomic mass is 32.2. The van der Waals surface area contributed by atoms with E-state index >= 15 is 0 Å². The van der Waals surface area contributed by atoms with E-state index in [9.17, 15) is 30.4 Å². The average molecular weight is 526 g/mol. The molecule has 12 heteroatoms. The van der Waals surface area contributed by atoms with Gasteiger partial charge in [0.25, 0.3) is 0 Å². The lowest BCUT2D eigenvalue weighted by Gasteiger charge is -2.17. The highest BCUT2D eigenvalue weighted by Crippen LogP contribution is 2.46. The molecule has 2 unspecified atom stereocenters. The van der Waals surface area contributed by atoms with Crippen LogP contribution in [-0.4, -0.2) is 53.9 Å². The third-order valence-electron chi connectivity index (χ3n) is 6.08. The van der Waals surface area contributed by atoms with Gasteiger partial charge in [0.2, 0.25) is 5.95 Å². The smallest absolute Gasteiger partial charge is 0.475 e. The van der Waals surface area contributed by atoms with Gasteiger partial charge < -0.3 is 5.11 Å². The van der Waals surface area contributed by atoms with Gasteiger partial charge in [0.05, 0.1) is 10.1 Å². The molecule has 2 aliphatic rings. The molecule has 1 aromatic heterocycles. The number of alkyl halides is 3. The minimum atomic E-state index is -5.08. The van der Waals surface area contributed by atoms with Crippen molar-refractivity contribution in [2.75, 3.05) is 13.1 Å². The topological polar surface area (TPSA) is 87.6 Å². The van der Waals surface area contributed by atoms with E-state index in [1.807, 2.05) is 6.07 Å². The number of carbonyl (C=O) groups is 1. The first-order chi connectivity index (χ1) is 16.9. The second kappa shape index (κ2) is 9.58. The summed E-state index contributed by atoms with van der Waals surface area (Å²) in [5.41, 5.74) is 3.34. The Balaban J connectivity index is 0.000000384. The number of hydrogen-bond donors (Lipinski definition) is 1. The predicted octanol–water partition coefficient (Wildman–Crippen LogP) is 4.42. The minimum Gasteiger partial charge on any atom is -0.475 e. The van der Waals surface area contributed by atoms with Crippen molar-refractivity contribution in [3.63, 3.8) is 0 Å². The maximum absolute atomic E-state index is 13.1. The van der Waals surface area contributed by atoms with Gasteiger partial charge in [-0.1, -0.05) is 18.2 Å². The molecule has 6 nitrogen and oxygen atoms in total. The summed E-state index contributed by atoms with van der Waals surface area (Å²) in [4.78, 5) is 15.1. The molecule has 190 valence electrons. The van der Waals surface area contributed by atoms with Gasteiger partial charge in [0.1, 0.15) is 5.82 Å². The molecule has 0 amide bonds. The zero-order valence-corrected chi connectivity index (χ0v) is 19.2. The van der Waals surface area contributed by atoms with Gasteiger partial charge in [0, 0.05) is 37.3 Å². The number of carboxylic acids is 1. The Labute approximate surface area is 202 Å². The van der Waals surface area contributed by atoms with Crippen LogP contribution in [0.15, 0.2) is 65.7 Å². The van der Waals surface area contributed by atoms with Crippen molar-refractivity contribution >= 4 is 15.8 Å². The van der Waals surface area contributed by atoms with Gasteiger partial charge in [-0.05, 0) is 53.1 Å². The molecule has 2 aliphatic heterocycles. The second-order valence-electron chi connectivity index (χ2n) is 8.44. The number of hydrogen-bond acceptors (Lipinski definition) is 5. The van der Waals surface area contributed by atoms with Crippen molar-refractivity contribution in [2.45, 2.75) is 28.8 Å². The highest BCUT2D eigenvalue weighted by Gasteiger charge is 2.50. The average Bonchev–Trinajstić information content (AvgIpc) is 3.32. The summed E-state index contributed by atoms with van der Waals surface area (Å²) in [6, 6.07) is 14.5. The number of pyridine rings is 1. The third kappa shape index (κ3) is 5.24. The lowest BCUT2D eigenvalue weighted by molar-refractivity contribution is -0.192. The molecule has 0 saturated carbocycles. The van der Waals surface area contributed by atoms with Crippen LogP contribution in [0.25, 0.3) is 11.1 Å². The van der Waals surface area contributed by atoms with E-state index in [0.717, 1.165) is 22.3 Å². The minimum absolute atomic E-state index is 0.108. The molecule has 1 fully saturated rings. The number of aliphatic carboxylic acids is 1. The number of rotatable bonds is 3. The number of carboxylic acid groups (broad SMARTS) is 1. The largest absolute Gasteiger partial charge is 0.490 e. The fourth-order valence-electron chi connectivity index (χ4n) is 4.43. The molecule has 36 heavy (non-hydrogen) atoms. The van der Waals surface area contributed by atoms with Gasteiger partial charge >= 0.3 is 12.1 Å². The summed E-state index contributed by atoms with van der Waals surface area (Å²) >= 11 is 0. The number of halogens is 5. The summed E-state index contributed by atoms with van der Waals surface area (Å²) in [5.74, 6) is -3.70. The summed E-state index contributed by atoms with van der Waals surface area (Å²) in [5, 5.41) is 6.65. The summed E-state index contributed by atoms with van der Waals surface area (Å²) < 4.78 is 84.1. The van der Waals surface area contributed by atoms with Gasteiger partial charge in [0.15, 0.2) is 9.84 Å². The van der Waals surface area contributed by atoms with E-state index in [0.29, 0.717) is 24.5 Å². The Kier molecular flexibility index (Phi) is 6.84. The normalized spacial score (nSPS) is 20.2. The van der Waals surface area contributed by atoms with E-state index in [-0.39, 0.29) is 11.7 Å². The molecular weight excluding hydrogens is 507 g/mol.